The number of nitrogens with one attached hydrogen (secondary N) is 2. The smallest absolute Gasteiger partial charge is 0.315 e. The van der Waals surface area contributed by atoms with Gasteiger partial charge < -0.3 is 15.4 Å². The van der Waals surface area contributed by atoms with Crippen LogP contribution in [0.5, 0.6) is 0 Å². The summed E-state index contributed by atoms with van der Waals surface area (Å²) < 4.78 is 5.24. The van der Waals surface area contributed by atoms with Crippen molar-refractivity contribution in [2.24, 2.45) is 0 Å². The fourth-order valence-electron chi connectivity index (χ4n) is 2.83. The summed E-state index contributed by atoms with van der Waals surface area (Å²) in [5.41, 5.74) is 1.77. The van der Waals surface area contributed by atoms with E-state index in [1.54, 1.807) is 25.2 Å². The van der Waals surface area contributed by atoms with Crippen LogP contribution in [0, 0.1) is 13.8 Å². The van der Waals surface area contributed by atoms with Gasteiger partial charge in [0.2, 0.25) is 0 Å². The standard InChI is InChI=1S/C20H27N3O3S/c1-12(2)26-18(24)11-17(16-9-7-6-8-10-16)23-20(25)22-14(4)19-13(3)21-15(5)27-19/h6-10,12,14,17H,11H2,1-5H3,(H2,22,23,25)/t14-,17-/m1/s1. The van der Waals surface area contributed by atoms with Gasteiger partial charge in [0.1, 0.15) is 0 Å². The second kappa shape index (κ2) is 9.50. The summed E-state index contributed by atoms with van der Waals surface area (Å²) in [5, 5.41) is 6.80. The second-order valence-electron chi connectivity index (χ2n) is 6.73. The molecule has 0 saturated carbocycles. The molecule has 2 aromatic rings. The third kappa shape index (κ3) is 6.36. The molecule has 0 unspecified atom stereocenters. The number of thiazole rings is 1. The maximum atomic E-state index is 12.5. The third-order valence-corrected chi connectivity index (χ3v) is 5.18. The third-order valence-electron chi connectivity index (χ3n) is 3.93. The molecule has 1 heterocycles. The minimum atomic E-state index is -0.464. The number of hydrogen-bond donors (Lipinski definition) is 2. The highest BCUT2D eigenvalue weighted by molar-refractivity contribution is 7.11. The average Bonchev–Trinajstić information content (AvgIpc) is 2.92. The van der Waals surface area contributed by atoms with Gasteiger partial charge in [0, 0.05) is 4.88 Å². The highest BCUT2D eigenvalue weighted by Crippen LogP contribution is 2.24. The summed E-state index contributed by atoms with van der Waals surface area (Å²) in [4.78, 5) is 30.1. The quantitative estimate of drug-likeness (QED) is 0.696. The van der Waals surface area contributed by atoms with Crippen molar-refractivity contribution in [3.63, 3.8) is 0 Å². The van der Waals surface area contributed by atoms with Gasteiger partial charge in [0.15, 0.2) is 0 Å². The molecule has 0 bridgehead atoms. The molecule has 2 rings (SSSR count). The number of amides is 2. The number of ether oxygens (including phenoxy) is 1. The Bertz CT molecular complexity index is 774. The van der Waals surface area contributed by atoms with Gasteiger partial charge in [-0.3, -0.25) is 4.79 Å². The molecular weight excluding hydrogens is 362 g/mol. The lowest BCUT2D eigenvalue weighted by Gasteiger charge is -2.21. The van der Waals surface area contributed by atoms with Crippen LogP contribution in [0.15, 0.2) is 30.3 Å². The molecule has 0 spiro atoms. The molecule has 27 heavy (non-hydrogen) atoms. The van der Waals surface area contributed by atoms with E-state index in [0.29, 0.717) is 0 Å². The van der Waals surface area contributed by atoms with Gasteiger partial charge in [0.05, 0.1) is 35.3 Å². The van der Waals surface area contributed by atoms with Crippen molar-refractivity contribution in [3.8, 4) is 0 Å². The summed E-state index contributed by atoms with van der Waals surface area (Å²) in [5.74, 6) is -0.346. The van der Waals surface area contributed by atoms with Crippen molar-refractivity contribution >= 4 is 23.3 Å². The summed E-state index contributed by atoms with van der Waals surface area (Å²) >= 11 is 1.57. The summed E-state index contributed by atoms with van der Waals surface area (Å²) in [6.45, 7) is 9.40. The van der Waals surface area contributed by atoms with Crippen molar-refractivity contribution < 1.29 is 14.3 Å². The first kappa shape index (κ1) is 20.9. The van der Waals surface area contributed by atoms with Crippen LogP contribution in [-0.2, 0) is 9.53 Å². The molecule has 2 atom stereocenters. The first-order valence-electron chi connectivity index (χ1n) is 9.01. The summed E-state index contributed by atoms with van der Waals surface area (Å²) in [6, 6.07) is 8.44. The van der Waals surface area contributed by atoms with Gasteiger partial charge >= 0.3 is 12.0 Å². The Labute approximate surface area is 164 Å². The lowest BCUT2D eigenvalue weighted by molar-refractivity contribution is -0.147. The van der Waals surface area contributed by atoms with E-state index in [1.165, 1.54) is 0 Å². The summed E-state index contributed by atoms with van der Waals surface area (Å²) in [7, 11) is 0. The number of carbonyl (C=O) groups excluding carboxylic acids is 2. The first-order valence-corrected chi connectivity index (χ1v) is 9.83. The molecule has 0 aliphatic carbocycles. The zero-order chi connectivity index (χ0) is 20.0. The molecule has 0 aliphatic rings. The molecule has 6 nitrogen and oxygen atoms in total. The summed E-state index contributed by atoms with van der Waals surface area (Å²) in [6.07, 6.45) is -0.122. The number of carbonyl (C=O) groups is 2. The number of benzene rings is 1. The van der Waals surface area contributed by atoms with E-state index in [4.69, 9.17) is 4.74 Å². The molecule has 1 aromatic heterocycles. The molecule has 0 fully saturated rings. The van der Waals surface area contributed by atoms with Gasteiger partial charge in [-0.25, -0.2) is 9.78 Å². The Morgan fingerprint density at radius 1 is 1.11 bits per heavy atom. The zero-order valence-corrected chi connectivity index (χ0v) is 17.2. The Kier molecular flexibility index (Phi) is 7.36. The monoisotopic (exact) mass is 389 g/mol. The van der Waals surface area contributed by atoms with Crippen LogP contribution in [-0.4, -0.2) is 23.1 Å². The highest BCUT2D eigenvalue weighted by Gasteiger charge is 2.22. The maximum Gasteiger partial charge on any atom is 0.315 e. The number of nitrogens with zero attached hydrogens (tertiary/aromatic N) is 1. The molecule has 0 saturated heterocycles. The molecular formula is C20H27N3O3S. The van der Waals surface area contributed by atoms with Crippen LogP contribution in [0.2, 0.25) is 0 Å². The molecule has 7 heteroatoms. The minimum Gasteiger partial charge on any atom is -0.463 e. The number of aryl methyl sites for hydroxylation is 2. The maximum absolute atomic E-state index is 12.5. The van der Waals surface area contributed by atoms with Crippen LogP contribution in [0.4, 0.5) is 4.79 Å². The number of aromatic nitrogens is 1. The predicted molar refractivity (Wildman–Crippen MR) is 107 cm³/mol. The number of rotatable bonds is 7. The normalized spacial score (nSPS) is 13.1. The van der Waals surface area contributed by atoms with Crippen molar-refractivity contribution in [1.29, 1.82) is 0 Å². The molecule has 0 radical (unpaired) electrons. The van der Waals surface area contributed by atoms with Crippen LogP contribution >= 0.6 is 11.3 Å². The number of hydrogen-bond acceptors (Lipinski definition) is 5. The van der Waals surface area contributed by atoms with Crippen LogP contribution in [0.1, 0.15) is 60.4 Å². The van der Waals surface area contributed by atoms with Crippen molar-refractivity contribution in [2.75, 3.05) is 0 Å². The Hall–Kier alpha value is -2.41. The Morgan fingerprint density at radius 3 is 2.33 bits per heavy atom. The Balaban J connectivity index is 2.06. The van der Waals surface area contributed by atoms with E-state index in [0.717, 1.165) is 21.1 Å². The lowest BCUT2D eigenvalue weighted by atomic mass is 10.0. The highest BCUT2D eigenvalue weighted by atomic mass is 32.1. The number of urea groups is 1. The van der Waals surface area contributed by atoms with Crippen LogP contribution in [0.25, 0.3) is 0 Å². The van der Waals surface area contributed by atoms with E-state index in [1.807, 2.05) is 51.1 Å². The molecule has 2 N–H and O–H groups in total. The van der Waals surface area contributed by atoms with Crippen LogP contribution in [0.3, 0.4) is 0 Å². The molecule has 146 valence electrons. The zero-order valence-electron chi connectivity index (χ0n) is 16.4. The average molecular weight is 390 g/mol. The topological polar surface area (TPSA) is 80.3 Å². The van der Waals surface area contributed by atoms with E-state index in [2.05, 4.69) is 15.6 Å². The van der Waals surface area contributed by atoms with Crippen LogP contribution < -0.4 is 10.6 Å². The van der Waals surface area contributed by atoms with E-state index >= 15 is 0 Å². The number of esters is 1. The first-order chi connectivity index (χ1) is 12.8. The second-order valence-corrected chi connectivity index (χ2v) is 7.96. The van der Waals surface area contributed by atoms with Gasteiger partial charge in [0.25, 0.3) is 0 Å². The lowest BCUT2D eigenvalue weighted by Crippen LogP contribution is -2.40. The van der Waals surface area contributed by atoms with Crippen molar-refractivity contribution in [1.82, 2.24) is 15.6 Å². The van der Waals surface area contributed by atoms with E-state index < -0.39 is 6.04 Å². The fraction of sp³-hybridized carbons (Fsp3) is 0.450. The fourth-order valence-corrected chi connectivity index (χ4v) is 3.76. The van der Waals surface area contributed by atoms with Gasteiger partial charge in [-0.2, -0.15) is 0 Å². The molecule has 2 amide bonds. The molecule has 1 aromatic carbocycles. The van der Waals surface area contributed by atoms with Crippen molar-refractivity contribution in [2.45, 2.75) is 59.2 Å². The molecule has 0 aliphatic heterocycles. The predicted octanol–water partition coefficient (Wildman–Crippen LogP) is 4.20. The van der Waals surface area contributed by atoms with Gasteiger partial charge in [-0.05, 0) is 40.2 Å². The SMILES string of the molecule is Cc1nc(C)c([C@@H](C)NC(=O)N[C@H](CC(=O)OC(C)C)c2ccccc2)s1. The van der Waals surface area contributed by atoms with E-state index in [9.17, 15) is 9.59 Å². The Morgan fingerprint density at radius 2 is 1.78 bits per heavy atom. The van der Waals surface area contributed by atoms with Gasteiger partial charge in [-0.1, -0.05) is 30.3 Å². The largest absolute Gasteiger partial charge is 0.463 e. The van der Waals surface area contributed by atoms with E-state index in [-0.39, 0.29) is 30.6 Å². The van der Waals surface area contributed by atoms with Gasteiger partial charge in [-0.15, -0.1) is 11.3 Å². The minimum absolute atomic E-state index is 0.0721. The van der Waals surface area contributed by atoms with Crippen molar-refractivity contribution in [3.05, 3.63) is 51.5 Å².